The van der Waals surface area contributed by atoms with Crippen LogP contribution in [-0.2, 0) is 14.1 Å². The molecule has 0 bridgehead atoms. The maximum absolute atomic E-state index is 12.8. The summed E-state index contributed by atoms with van der Waals surface area (Å²) in [5.41, 5.74) is 3.58. The number of halogens is 1. The average molecular weight is 323 g/mol. The highest BCUT2D eigenvalue weighted by molar-refractivity contribution is 6.31. The summed E-state index contributed by atoms with van der Waals surface area (Å²) in [6, 6.07) is 17.6. The van der Waals surface area contributed by atoms with Gasteiger partial charge in [0.25, 0.3) is 5.56 Å². The Bertz CT molecular complexity index is 1110. The lowest BCUT2D eigenvalue weighted by Crippen LogP contribution is -2.20. The second kappa shape index (κ2) is 5.00. The van der Waals surface area contributed by atoms with Gasteiger partial charge in [0, 0.05) is 35.5 Å². The van der Waals surface area contributed by atoms with E-state index in [0.717, 1.165) is 27.5 Å². The molecule has 0 atom stereocenters. The topological polar surface area (TPSA) is 26.9 Å². The number of pyridine rings is 1. The highest BCUT2D eigenvalue weighted by Crippen LogP contribution is 2.31. The Morgan fingerprint density at radius 3 is 2.35 bits per heavy atom. The molecule has 0 spiro atoms. The number of fused-ring (bicyclic) bond motifs is 3. The van der Waals surface area contributed by atoms with Crippen molar-refractivity contribution in [2.24, 2.45) is 14.1 Å². The Labute approximate surface area is 138 Å². The Hall–Kier alpha value is -2.52. The summed E-state index contributed by atoms with van der Waals surface area (Å²) in [6.45, 7) is 0. The van der Waals surface area contributed by atoms with Gasteiger partial charge in [-0.3, -0.25) is 9.36 Å². The standard InChI is InChI=1S/C19H15ClN2O/c1-21-17-9-8-13(20)10-15(17)16-11-14(12-6-4-3-5-7-12)19(23)22(2)18(16)21/h3-11H,1-2H3. The molecule has 0 unspecified atom stereocenters. The molecule has 0 aliphatic carbocycles. The highest BCUT2D eigenvalue weighted by Gasteiger charge is 2.15. The first-order valence-corrected chi connectivity index (χ1v) is 7.79. The fourth-order valence-corrected chi connectivity index (χ4v) is 3.46. The van der Waals surface area contributed by atoms with Gasteiger partial charge in [-0.25, -0.2) is 0 Å². The van der Waals surface area contributed by atoms with Crippen molar-refractivity contribution in [2.75, 3.05) is 0 Å². The molecule has 2 aromatic carbocycles. The number of aryl methyl sites for hydroxylation is 2. The van der Waals surface area contributed by atoms with Crippen LogP contribution in [0.3, 0.4) is 0 Å². The van der Waals surface area contributed by atoms with Crippen LogP contribution >= 0.6 is 11.6 Å². The SMILES string of the molecule is Cn1c(=O)c(-c2ccccc2)cc2c3cc(Cl)ccc3n(C)c21. The van der Waals surface area contributed by atoms with E-state index in [1.807, 2.05) is 73.3 Å². The molecule has 2 heterocycles. The van der Waals surface area contributed by atoms with E-state index in [9.17, 15) is 4.79 Å². The molecular weight excluding hydrogens is 308 g/mol. The van der Waals surface area contributed by atoms with E-state index >= 15 is 0 Å². The summed E-state index contributed by atoms with van der Waals surface area (Å²) in [5.74, 6) is 0. The second-order valence-electron chi connectivity index (χ2n) is 5.75. The first kappa shape index (κ1) is 14.1. The van der Waals surface area contributed by atoms with Crippen LogP contribution in [0.15, 0.2) is 59.4 Å². The van der Waals surface area contributed by atoms with Crippen LogP contribution in [0.25, 0.3) is 33.1 Å². The Balaban J connectivity index is 2.21. The molecule has 3 nitrogen and oxygen atoms in total. The highest BCUT2D eigenvalue weighted by atomic mass is 35.5. The van der Waals surface area contributed by atoms with Crippen molar-refractivity contribution in [3.8, 4) is 11.1 Å². The normalized spacial score (nSPS) is 11.4. The maximum Gasteiger partial charge on any atom is 0.259 e. The van der Waals surface area contributed by atoms with Gasteiger partial charge in [-0.2, -0.15) is 0 Å². The maximum atomic E-state index is 12.8. The zero-order valence-electron chi connectivity index (χ0n) is 12.9. The van der Waals surface area contributed by atoms with Crippen molar-refractivity contribution >= 4 is 33.5 Å². The summed E-state index contributed by atoms with van der Waals surface area (Å²) in [6.07, 6.45) is 0. The van der Waals surface area contributed by atoms with E-state index in [-0.39, 0.29) is 5.56 Å². The van der Waals surface area contributed by atoms with Gasteiger partial charge < -0.3 is 4.57 Å². The molecule has 0 radical (unpaired) electrons. The van der Waals surface area contributed by atoms with Gasteiger partial charge in [-0.1, -0.05) is 41.9 Å². The first-order chi connectivity index (χ1) is 11.1. The minimum atomic E-state index is 0.000651. The Morgan fingerprint density at radius 2 is 1.61 bits per heavy atom. The molecule has 0 amide bonds. The van der Waals surface area contributed by atoms with Crippen molar-refractivity contribution in [3.05, 3.63) is 70.0 Å². The number of benzene rings is 2. The molecule has 0 fully saturated rings. The first-order valence-electron chi connectivity index (χ1n) is 7.41. The van der Waals surface area contributed by atoms with E-state index in [4.69, 9.17) is 11.6 Å². The van der Waals surface area contributed by atoms with Crippen LogP contribution < -0.4 is 5.56 Å². The third kappa shape index (κ3) is 2.01. The minimum Gasteiger partial charge on any atom is -0.330 e. The molecule has 114 valence electrons. The van der Waals surface area contributed by atoms with Crippen molar-refractivity contribution < 1.29 is 0 Å². The van der Waals surface area contributed by atoms with Crippen molar-refractivity contribution in [2.45, 2.75) is 0 Å². The predicted octanol–water partition coefficient (Wildman–Crippen LogP) is 4.35. The van der Waals surface area contributed by atoms with E-state index in [2.05, 4.69) is 0 Å². The summed E-state index contributed by atoms with van der Waals surface area (Å²) < 4.78 is 3.75. The fraction of sp³-hybridized carbons (Fsp3) is 0.105. The molecule has 4 heteroatoms. The molecule has 0 saturated carbocycles. The molecular formula is C19H15ClN2O. The lowest BCUT2D eigenvalue weighted by Gasteiger charge is -2.08. The number of aromatic nitrogens is 2. The predicted molar refractivity (Wildman–Crippen MR) is 96.1 cm³/mol. The third-order valence-electron chi connectivity index (χ3n) is 4.39. The number of nitrogens with zero attached hydrogens (tertiary/aromatic N) is 2. The van der Waals surface area contributed by atoms with Gasteiger partial charge in [-0.15, -0.1) is 0 Å². The van der Waals surface area contributed by atoms with Crippen LogP contribution in [0.2, 0.25) is 5.02 Å². The van der Waals surface area contributed by atoms with E-state index in [0.29, 0.717) is 10.6 Å². The Kier molecular flexibility index (Phi) is 3.06. The smallest absolute Gasteiger partial charge is 0.259 e. The Morgan fingerprint density at radius 1 is 0.870 bits per heavy atom. The van der Waals surface area contributed by atoms with E-state index in [1.165, 1.54) is 0 Å². The van der Waals surface area contributed by atoms with Gasteiger partial charge in [0.15, 0.2) is 0 Å². The van der Waals surface area contributed by atoms with Gasteiger partial charge >= 0.3 is 0 Å². The lowest BCUT2D eigenvalue weighted by molar-refractivity contribution is 0.846. The second-order valence-corrected chi connectivity index (χ2v) is 6.18. The average Bonchev–Trinajstić information content (AvgIpc) is 2.83. The zero-order valence-corrected chi connectivity index (χ0v) is 13.6. The monoisotopic (exact) mass is 322 g/mol. The third-order valence-corrected chi connectivity index (χ3v) is 4.63. The molecule has 4 rings (SSSR count). The van der Waals surface area contributed by atoms with Crippen LogP contribution in [0, 0.1) is 0 Å². The summed E-state index contributed by atoms with van der Waals surface area (Å²) in [4.78, 5) is 12.8. The van der Waals surface area contributed by atoms with Gasteiger partial charge in [-0.05, 0) is 29.8 Å². The van der Waals surface area contributed by atoms with E-state index in [1.54, 1.807) is 4.57 Å². The zero-order chi connectivity index (χ0) is 16.1. The number of hydrogen-bond acceptors (Lipinski definition) is 1. The number of rotatable bonds is 1. The van der Waals surface area contributed by atoms with Crippen LogP contribution in [0.4, 0.5) is 0 Å². The summed E-state index contributed by atoms with van der Waals surface area (Å²) in [7, 11) is 3.79. The minimum absolute atomic E-state index is 0.000651. The molecule has 4 aromatic rings. The van der Waals surface area contributed by atoms with Gasteiger partial charge in [0.1, 0.15) is 5.65 Å². The summed E-state index contributed by atoms with van der Waals surface area (Å²) >= 11 is 6.18. The van der Waals surface area contributed by atoms with Gasteiger partial charge in [0.2, 0.25) is 0 Å². The van der Waals surface area contributed by atoms with Crippen LogP contribution in [0.5, 0.6) is 0 Å². The molecule has 2 aromatic heterocycles. The quantitative estimate of drug-likeness (QED) is 0.512. The fourth-order valence-electron chi connectivity index (χ4n) is 3.29. The molecule has 23 heavy (non-hydrogen) atoms. The van der Waals surface area contributed by atoms with Crippen LogP contribution in [-0.4, -0.2) is 9.13 Å². The largest absolute Gasteiger partial charge is 0.330 e. The van der Waals surface area contributed by atoms with Crippen molar-refractivity contribution in [1.29, 1.82) is 0 Å². The summed E-state index contributed by atoms with van der Waals surface area (Å²) in [5, 5.41) is 2.79. The molecule has 0 saturated heterocycles. The lowest BCUT2D eigenvalue weighted by atomic mass is 10.1. The van der Waals surface area contributed by atoms with Crippen molar-refractivity contribution in [3.63, 3.8) is 0 Å². The molecule has 0 aliphatic rings. The van der Waals surface area contributed by atoms with Crippen LogP contribution in [0.1, 0.15) is 0 Å². The van der Waals surface area contributed by atoms with Crippen molar-refractivity contribution in [1.82, 2.24) is 9.13 Å². The molecule has 0 aliphatic heterocycles. The number of hydrogen-bond donors (Lipinski definition) is 0. The van der Waals surface area contributed by atoms with Gasteiger partial charge in [0.05, 0.1) is 5.52 Å². The van der Waals surface area contributed by atoms with E-state index < -0.39 is 0 Å². The molecule has 0 N–H and O–H groups in total.